The van der Waals surface area contributed by atoms with Crippen molar-refractivity contribution in [2.45, 2.75) is 56.7 Å². The van der Waals surface area contributed by atoms with E-state index in [1.54, 1.807) is 0 Å². The summed E-state index contributed by atoms with van der Waals surface area (Å²) in [6, 6.07) is 1.77. The number of hydrogen-bond acceptors (Lipinski definition) is 3. The second-order valence-electron chi connectivity index (χ2n) is 6.63. The Balaban J connectivity index is 1.60. The van der Waals surface area contributed by atoms with Crippen LogP contribution in [0.3, 0.4) is 0 Å². The van der Waals surface area contributed by atoms with E-state index in [9.17, 15) is 4.79 Å². The lowest BCUT2D eigenvalue weighted by Crippen LogP contribution is -2.49. The minimum atomic E-state index is 0.359. The summed E-state index contributed by atoms with van der Waals surface area (Å²) in [5.74, 6) is 0.359. The SMILES string of the molecule is CN(CC(=O)N1CCC[C@H]1[C@@H]1CCCN1C)C1CC1. The number of likely N-dealkylation sites (tertiary alicyclic amines) is 2. The van der Waals surface area contributed by atoms with Gasteiger partial charge >= 0.3 is 0 Å². The molecule has 1 aliphatic carbocycles. The molecule has 0 spiro atoms. The molecule has 2 aliphatic heterocycles. The van der Waals surface area contributed by atoms with Crippen LogP contribution < -0.4 is 0 Å². The predicted octanol–water partition coefficient (Wildman–Crippen LogP) is 1.17. The zero-order valence-electron chi connectivity index (χ0n) is 12.3. The van der Waals surface area contributed by atoms with Crippen LogP contribution in [0.1, 0.15) is 38.5 Å². The Bertz CT molecular complexity index is 342. The van der Waals surface area contributed by atoms with Crippen molar-refractivity contribution in [2.75, 3.05) is 33.7 Å². The van der Waals surface area contributed by atoms with Crippen molar-refractivity contribution in [3.05, 3.63) is 0 Å². The zero-order chi connectivity index (χ0) is 13.4. The van der Waals surface area contributed by atoms with Crippen LogP contribution in [-0.2, 0) is 4.79 Å². The highest BCUT2D eigenvalue weighted by Gasteiger charge is 2.39. The Morgan fingerprint density at radius 2 is 1.79 bits per heavy atom. The number of carbonyl (C=O) groups is 1. The molecule has 4 nitrogen and oxygen atoms in total. The minimum Gasteiger partial charge on any atom is -0.337 e. The fraction of sp³-hybridized carbons (Fsp3) is 0.933. The van der Waals surface area contributed by atoms with Gasteiger partial charge < -0.3 is 9.80 Å². The van der Waals surface area contributed by atoms with E-state index in [4.69, 9.17) is 0 Å². The molecule has 2 atom stereocenters. The summed E-state index contributed by atoms with van der Waals surface area (Å²) in [6.45, 7) is 2.80. The lowest BCUT2D eigenvalue weighted by molar-refractivity contribution is -0.134. The third-order valence-electron chi connectivity index (χ3n) is 5.20. The molecule has 3 fully saturated rings. The molecule has 0 aromatic heterocycles. The first-order valence-corrected chi connectivity index (χ1v) is 7.87. The smallest absolute Gasteiger partial charge is 0.237 e. The van der Waals surface area contributed by atoms with Crippen molar-refractivity contribution in [3.63, 3.8) is 0 Å². The van der Waals surface area contributed by atoms with Gasteiger partial charge in [-0.15, -0.1) is 0 Å². The predicted molar refractivity (Wildman–Crippen MR) is 76.0 cm³/mol. The molecule has 3 aliphatic rings. The molecule has 4 heteroatoms. The van der Waals surface area contributed by atoms with E-state index in [2.05, 4.69) is 28.8 Å². The number of rotatable bonds is 4. The fourth-order valence-corrected chi connectivity index (χ4v) is 3.87. The monoisotopic (exact) mass is 265 g/mol. The van der Waals surface area contributed by atoms with Crippen LogP contribution in [0.5, 0.6) is 0 Å². The van der Waals surface area contributed by atoms with Gasteiger partial charge in [-0.05, 0) is 59.2 Å². The van der Waals surface area contributed by atoms with Crippen molar-refractivity contribution >= 4 is 5.91 Å². The molecule has 0 N–H and O–H groups in total. The molecular weight excluding hydrogens is 238 g/mol. The number of nitrogens with zero attached hydrogens (tertiary/aromatic N) is 3. The largest absolute Gasteiger partial charge is 0.337 e. The molecule has 108 valence electrons. The van der Waals surface area contributed by atoms with Gasteiger partial charge in [0.1, 0.15) is 0 Å². The van der Waals surface area contributed by atoms with Gasteiger partial charge in [-0.3, -0.25) is 9.69 Å². The maximum Gasteiger partial charge on any atom is 0.237 e. The van der Waals surface area contributed by atoms with Gasteiger partial charge in [-0.1, -0.05) is 0 Å². The highest BCUT2D eigenvalue weighted by atomic mass is 16.2. The van der Waals surface area contributed by atoms with Gasteiger partial charge in [-0.25, -0.2) is 0 Å². The Morgan fingerprint density at radius 3 is 2.42 bits per heavy atom. The topological polar surface area (TPSA) is 26.8 Å². The van der Waals surface area contributed by atoms with E-state index in [1.807, 2.05) is 0 Å². The van der Waals surface area contributed by atoms with E-state index in [0.29, 0.717) is 30.6 Å². The summed E-state index contributed by atoms with van der Waals surface area (Å²) in [6.07, 6.45) is 7.50. The summed E-state index contributed by atoms with van der Waals surface area (Å²) >= 11 is 0. The van der Waals surface area contributed by atoms with E-state index < -0.39 is 0 Å². The Morgan fingerprint density at radius 1 is 1.11 bits per heavy atom. The quantitative estimate of drug-likeness (QED) is 0.763. The highest BCUT2D eigenvalue weighted by molar-refractivity contribution is 5.79. The summed E-state index contributed by atoms with van der Waals surface area (Å²) < 4.78 is 0. The van der Waals surface area contributed by atoms with Gasteiger partial charge in [-0.2, -0.15) is 0 Å². The maximum absolute atomic E-state index is 12.5. The summed E-state index contributed by atoms with van der Waals surface area (Å²) in [5, 5.41) is 0. The van der Waals surface area contributed by atoms with Crippen molar-refractivity contribution in [1.29, 1.82) is 0 Å². The number of carbonyl (C=O) groups excluding carboxylic acids is 1. The summed E-state index contributed by atoms with van der Waals surface area (Å²) in [4.78, 5) is 19.4. The van der Waals surface area contributed by atoms with E-state index in [1.165, 1.54) is 45.1 Å². The van der Waals surface area contributed by atoms with Crippen molar-refractivity contribution in [3.8, 4) is 0 Å². The molecule has 2 heterocycles. The van der Waals surface area contributed by atoms with E-state index in [0.717, 1.165) is 6.54 Å². The van der Waals surface area contributed by atoms with Crippen molar-refractivity contribution in [2.24, 2.45) is 0 Å². The Kier molecular flexibility index (Phi) is 3.81. The van der Waals surface area contributed by atoms with Crippen LogP contribution >= 0.6 is 0 Å². The number of likely N-dealkylation sites (N-methyl/N-ethyl adjacent to an activating group) is 2. The van der Waals surface area contributed by atoms with Crippen LogP contribution in [0.15, 0.2) is 0 Å². The van der Waals surface area contributed by atoms with Crippen LogP contribution in [0.25, 0.3) is 0 Å². The van der Waals surface area contributed by atoms with Crippen molar-refractivity contribution in [1.82, 2.24) is 14.7 Å². The first-order valence-electron chi connectivity index (χ1n) is 7.87. The van der Waals surface area contributed by atoms with Crippen LogP contribution in [0.2, 0.25) is 0 Å². The summed E-state index contributed by atoms with van der Waals surface area (Å²) in [7, 11) is 4.32. The lowest BCUT2D eigenvalue weighted by Gasteiger charge is -2.34. The third kappa shape index (κ3) is 2.79. The van der Waals surface area contributed by atoms with Crippen LogP contribution in [0, 0.1) is 0 Å². The normalized spacial score (nSPS) is 32.5. The fourth-order valence-electron chi connectivity index (χ4n) is 3.87. The minimum absolute atomic E-state index is 0.359. The molecular formula is C15H27N3O. The van der Waals surface area contributed by atoms with Crippen LogP contribution in [0.4, 0.5) is 0 Å². The first-order chi connectivity index (χ1) is 9.16. The van der Waals surface area contributed by atoms with Crippen molar-refractivity contribution < 1.29 is 4.79 Å². The van der Waals surface area contributed by atoms with Gasteiger partial charge in [0.25, 0.3) is 0 Å². The van der Waals surface area contributed by atoms with Crippen LogP contribution in [-0.4, -0.2) is 72.5 Å². The average Bonchev–Trinajstić information content (AvgIpc) is 2.97. The third-order valence-corrected chi connectivity index (χ3v) is 5.20. The number of hydrogen-bond donors (Lipinski definition) is 0. The second-order valence-corrected chi connectivity index (χ2v) is 6.63. The summed E-state index contributed by atoms with van der Waals surface area (Å²) in [5.41, 5.74) is 0. The zero-order valence-corrected chi connectivity index (χ0v) is 12.3. The molecule has 1 amide bonds. The van der Waals surface area contributed by atoms with Gasteiger partial charge in [0.2, 0.25) is 5.91 Å². The Labute approximate surface area is 116 Å². The van der Waals surface area contributed by atoms with Gasteiger partial charge in [0, 0.05) is 24.7 Å². The molecule has 3 rings (SSSR count). The standard InChI is InChI=1S/C15H27N3O/c1-16-9-3-5-13(16)14-6-4-10-18(14)15(19)11-17(2)12-7-8-12/h12-14H,3-11H2,1-2H3/t13-,14-/m0/s1. The van der Waals surface area contributed by atoms with E-state index in [-0.39, 0.29) is 0 Å². The van der Waals surface area contributed by atoms with Gasteiger partial charge in [0.05, 0.1) is 6.54 Å². The molecule has 2 saturated heterocycles. The molecule has 1 saturated carbocycles. The molecule has 19 heavy (non-hydrogen) atoms. The molecule has 0 aromatic rings. The Hall–Kier alpha value is -0.610. The number of amides is 1. The van der Waals surface area contributed by atoms with E-state index >= 15 is 0 Å². The molecule has 0 unspecified atom stereocenters. The molecule has 0 radical (unpaired) electrons. The molecule has 0 aromatic carbocycles. The lowest BCUT2D eigenvalue weighted by atomic mass is 10.0. The average molecular weight is 265 g/mol. The first kappa shape index (κ1) is 13.4. The highest BCUT2D eigenvalue weighted by Crippen LogP contribution is 2.30. The van der Waals surface area contributed by atoms with Gasteiger partial charge in [0.15, 0.2) is 0 Å². The second kappa shape index (κ2) is 5.41. The maximum atomic E-state index is 12.5. The molecule has 0 bridgehead atoms.